The lowest BCUT2D eigenvalue weighted by molar-refractivity contribution is -0.384. The molecular formula is C12H18N6O3. The molecule has 9 heteroatoms. The second-order valence-corrected chi connectivity index (χ2v) is 4.60. The third-order valence-electron chi connectivity index (χ3n) is 3.27. The predicted octanol–water partition coefficient (Wildman–Crippen LogP) is 0.531. The van der Waals surface area contributed by atoms with Crippen molar-refractivity contribution in [3.63, 3.8) is 0 Å². The van der Waals surface area contributed by atoms with Gasteiger partial charge in [-0.05, 0) is 13.3 Å². The van der Waals surface area contributed by atoms with Gasteiger partial charge in [0.1, 0.15) is 12.2 Å². The number of amides is 1. The first kappa shape index (κ1) is 14.9. The highest BCUT2D eigenvalue weighted by Gasteiger charge is 2.33. The molecule has 114 valence electrons. The van der Waals surface area contributed by atoms with E-state index in [4.69, 9.17) is 0 Å². The first-order valence-electron chi connectivity index (χ1n) is 6.88. The largest absolute Gasteiger partial charge is 0.354 e. The quantitative estimate of drug-likeness (QED) is 0.601. The van der Waals surface area contributed by atoms with Gasteiger partial charge in [0.15, 0.2) is 0 Å². The van der Waals surface area contributed by atoms with Gasteiger partial charge in [-0.2, -0.15) is 4.98 Å². The maximum absolute atomic E-state index is 11.9. The summed E-state index contributed by atoms with van der Waals surface area (Å²) in [6.07, 6.45) is 1.73. The van der Waals surface area contributed by atoms with Gasteiger partial charge in [-0.1, -0.05) is 6.92 Å². The summed E-state index contributed by atoms with van der Waals surface area (Å²) in [6, 6.07) is -0.457. The third kappa shape index (κ3) is 3.01. The molecule has 1 aromatic heterocycles. The Bertz CT molecular complexity index is 550. The molecule has 0 radical (unpaired) electrons. The smallest absolute Gasteiger partial charge is 0.329 e. The molecule has 1 aromatic rings. The van der Waals surface area contributed by atoms with E-state index in [1.54, 1.807) is 4.90 Å². The van der Waals surface area contributed by atoms with Gasteiger partial charge in [0.25, 0.3) is 0 Å². The molecule has 9 nitrogen and oxygen atoms in total. The van der Waals surface area contributed by atoms with E-state index in [9.17, 15) is 14.9 Å². The monoisotopic (exact) mass is 294 g/mol. The van der Waals surface area contributed by atoms with Crippen molar-refractivity contribution >= 4 is 23.4 Å². The molecule has 0 aromatic carbocycles. The standard InChI is InChI=1S/C12H18N6O3/c1-3-8-11(19)14-5-6-17(8)10-9(18(20)21)7-15-12(16-10)13-4-2/h7-8H,3-6H2,1-2H3,(H,14,19)(H,13,15,16). The normalized spacial score (nSPS) is 18.3. The van der Waals surface area contributed by atoms with Gasteiger partial charge >= 0.3 is 5.69 Å². The first-order chi connectivity index (χ1) is 10.1. The number of hydrogen-bond acceptors (Lipinski definition) is 7. The molecule has 0 spiro atoms. The molecule has 0 saturated carbocycles. The van der Waals surface area contributed by atoms with Gasteiger partial charge in [-0.3, -0.25) is 14.9 Å². The Morgan fingerprint density at radius 2 is 2.33 bits per heavy atom. The zero-order chi connectivity index (χ0) is 15.4. The summed E-state index contributed by atoms with van der Waals surface area (Å²) in [5, 5.41) is 16.9. The summed E-state index contributed by atoms with van der Waals surface area (Å²) < 4.78 is 0. The fourth-order valence-corrected chi connectivity index (χ4v) is 2.32. The number of carbonyl (C=O) groups is 1. The van der Waals surface area contributed by atoms with E-state index in [-0.39, 0.29) is 17.4 Å². The van der Waals surface area contributed by atoms with Crippen LogP contribution in [0.4, 0.5) is 17.5 Å². The molecule has 1 fully saturated rings. The lowest BCUT2D eigenvalue weighted by Gasteiger charge is -2.34. The number of nitro groups is 1. The van der Waals surface area contributed by atoms with Crippen LogP contribution < -0.4 is 15.5 Å². The summed E-state index contributed by atoms with van der Waals surface area (Å²) in [4.78, 5) is 32.4. The highest BCUT2D eigenvalue weighted by atomic mass is 16.6. The molecule has 0 bridgehead atoms. The van der Waals surface area contributed by atoms with E-state index in [2.05, 4.69) is 20.6 Å². The zero-order valence-corrected chi connectivity index (χ0v) is 12.0. The predicted molar refractivity (Wildman–Crippen MR) is 77.3 cm³/mol. The molecule has 1 atom stereocenters. The average molecular weight is 294 g/mol. The van der Waals surface area contributed by atoms with E-state index in [0.29, 0.717) is 32.0 Å². The lowest BCUT2D eigenvalue weighted by atomic mass is 10.1. The van der Waals surface area contributed by atoms with E-state index in [0.717, 1.165) is 0 Å². The lowest BCUT2D eigenvalue weighted by Crippen LogP contribution is -2.55. The van der Waals surface area contributed by atoms with Gasteiger partial charge in [-0.15, -0.1) is 0 Å². The SMILES string of the molecule is CCNc1ncc([N+](=O)[O-])c(N2CCNC(=O)C2CC)n1. The fourth-order valence-electron chi connectivity index (χ4n) is 2.32. The molecule has 21 heavy (non-hydrogen) atoms. The maximum Gasteiger partial charge on any atom is 0.329 e. The topological polar surface area (TPSA) is 113 Å². The summed E-state index contributed by atoms with van der Waals surface area (Å²) in [5.74, 6) is 0.369. The molecule has 1 amide bonds. The number of aromatic nitrogens is 2. The number of nitrogens with one attached hydrogen (secondary N) is 2. The number of nitrogens with zero attached hydrogens (tertiary/aromatic N) is 4. The van der Waals surface area contributed by atoms with Crippen LogP contribution in [0.25, 0.3) is 0 Å². The van der Waals surface area contributed by atoms with Gasteiger partial charge in [0, 0.05) is 19.6 Å². The zero-order valence-electron chi connectivity index (χ0n) is 12.0. The minimum atomic E-state index is -0.524. The van der Waals surface area contributed by atoms with E-state index in [1.807, 2.05) is 13.8 Å². The van der Waals surface area contributed by atoms with Crippen LogP contribution in [-0.2, 0) is 4.79 Å². The number of carbonyl (C=O) groups excluding carboxylic acids is 1. The van der Waals surface area contributed by atoms with Gasteiger partial charge in [0.05, 0.1) is 4.92 Å². The van der Waals surface area contributed by atoms with Crippen LogP contribution in [0, 0.1) is 10.1 Å². The van der Waals surface area contributed by atoms with E-state index < -0.39 is 11.0 Å². The van der Waals surface area contributed by atoms with Crippen LogP contribution in [-0.4, -0.2) is 46.5 Å². The molecule has 2 rings (SSSR count). The van der Waals surface area contributed by atoms with E-state index in [1.165, 1.54) is 6.20 Å². The Balaban J connectivity index is 2.45. The Hall–Kier alpha value is -2.45. The van der Waals surface area contributed by atoms with Crippen molar-refractivity contribution in [1.82, 2.24) is 15.3 Å². The van der Waals surface area contributed by atoms with Crippen molar-refractivity contribution in [2.75, 3.05) is 29.9 Å². The van der Waals surface area contributed by atoms with Gasteiger partial charge in [0.2, 0.25) is 17.7 Å². The summed E-state index contributed by atoms with van der Waals surface area (Å²) in [5.41, 5.74) is -0.190. The van der Waals surface area contributed by atoms with Crippen LogP contribution in [0.3, 0.4) is 0 Å². The number of rotatable bonds is 5. The van der Waals surface area contributed by atoms with Crippen molar-refractivity contribution in [3.05, 3.63) is 16.3 Å². The van der Waals surface area contributed by atoms with Crippen LogP contribution in [0.1, 0.15) is 20.3 Å². The van der Waals surface area contributed by atoms with Crippen molar-refractivity contribution in [2.24, 2.45) is 0 Å². The average Bonchev–Trinajstić information content (AvgIpc) is 2.47. The molecule has 0 aliphatic carbocycles. The van der Waals surface area contributed by atoms with Crippen molar-refractivity contribution in [2.45, 2.75) is 26.3 Å². The minimum Gasteiger partial charge on any atom is -0.354 e. The first-order valence-corrected chi connectivity index (χ1v) is 6.88. The molecule has 1 aliphatic heterocycles. The van der Waals surface area contributed by atoms with Crippen molar-refractivity contribution in [3.8, 4) is 0 Å². The minimum absolute atomic E-state index is 0.137. The molecule has 1 unspecified atom stereocenters. The summed E-state index contributed by atoms with van der Waals surface area (Å²) in [6.45, 7) is 5.27. The van der Waals surface area contributed by atoms with Gasteiger partial charge < -0.3 is 15.5 Å². The molecule has 2 heterocycles. The highest BCUT2D eigenvalue weighted by Crippen LogP contribution is 2.29. The Labute approximate surface area is 121 Å². The van der Waals surface area contributed by atoms with Crippen LogP contribution in [0.5, 0.6) is 0 Å². The van der Waals surface area contributed by atoms with Crippen LogP contribution in [0.15, 0.2) is 6.20 Å². The Morgan fingerprint density at radius 1 is 1.57 bits per heavy atom. The van der Waals surface area contributed by atoms with Crippen LogP contribution in [0.2, 0.25) is 0 Å². The summed E-state index contributed by atoms with van der Waals surface area (Å²) >= 11 is 0. The number of hydrogen-bond donors (Lipinski definition) is 2. The van der Waals surface area contributed by atoms with Gasteiger partial charge in [-0.25, -0.2) is 4.98 Å². The molecule has 1 aliphatic rings. The highest BCUT2D eigenvalue weighted by molar-refractivity contribution is 5.87. The van der Waals surface area contributed by atoms with Crippen molar-refractivity contribution in [1.29, 1.82) is 0 Å². The molecule has 2 N–H and O–H groups in total. The maximum atomic E-state index is 11.9. The Kier molecular flexibility index (Phi) is 4.51. The molecule has 1 saturated heterocycles. The molecular weight excluding hydrogens is 276 g/mol. The van der Waals surface area contributed by atoms with Crippen molar-refractivity contribution < 1.29 is 9.72 Å². The number of anilines is 2. The van der Waals surface area contributed by atoms with E-state index >= 15 is 0 Å². The Morgan fingerprint density at radius 3 is 2.95 bits per heavy atom. The second-order valence-electron chi connectivity index (χ2n) is 4.60. The fraction of sp³-hybridized carbons (Fsp3) is 0.583. The van der Waals surface area contributed by atoms with Crippen LogP contribution >= 0.6 is 0 Å². The summed E-state index contributed by atoms with van der Waals surface area (Å²) in [7, 11) is 0. The second kappa shape index (κ2) is 6.33. The number of piperazine rings is 1. The third-order valence-corrected chi connectivity index (χ3v) is 3.27.